The van der Waals surface area contributed by atoms with Gasteiger partial charge in [0.2, 0.25) is 0 Å². The fraction of sp³-hybridized carbons (Fsp3) is 0.222. The minimum Gasteiger partial charge on any atom is -0.496 e. The first kappa shape index (κ1) is 15.1. The van der Waals surface area contributed by atoms with Gasteiger partial charge in [0, 0.05) is 11.6 Å². The van der Waals surface area contributed by atoms with Gasteiger partial charge in [-0.15, -0.1) is 0 Å². The zero-order chi connectivity index (χ0) is 16.4. The Bertz CT molecular complexity index is 852. The summed E-state index contributed by atoms with van der Waals surface area (Å²) in [5.41, 5.74) is 2.59. The van der Waals surface area contributed by atoms with Crippen molar-refractivity contribution < 1.29 is 13.9 Å². The molecule has 0 saturated carbocycles. The van der Waals surface area contributed by atoms with Crippen molar-refractivity contribution in [2.45, 2.75) is 19.8 Å². The number of fused-ring (bicyclic) bond motifs is 1. The Labute approximate surface area is 134 Å². The van der Waals surface area contributed by atoms with Crippen molar-refractivity contribution >= 4 is 22.7 Å². The molecule has 0 aliphatic rings. The summed E-state index contributed by atoms with van der Waals surface area (Å²) in [6, 6.07) is 12.5. The van der Waals surface area contributed by atoms with E-state index < -0.39 is 0 Å². The molecule has 0 radical (unpaired) electrons. The molecule has 0 unspecified atom stereocenters. The van der Waals surface area contributed by atoms with E-state index in [1.54, 1.807) is 37.4 Å². The van der Waals surface area contributed by atoms with Gasteiger partial charge in [-0.25, -0.2) is 4.98 Å². The lowest BCUT2D eigenvalue weighted by Crippen LogP contribution is -2.13. The molecule has 0 atom stereocenters. The number of carbonyl (C=O) groups excluding carboxylic acids is 1. The van der Waals surface area contributed by atoms with Crippen molar-refractivity contribution in [3.63, 3.8) is 0 Å². The van der Waals surface area contributed by atoms with Crippen LogP contribution in [0.15, 0.2) is 46.9 Å². The summed E-state index contributed by atoms with van der Waals surface area (Å²) in [6.45, 7) is 4.05. The number of amides is 1. The molecule has 3 aromatic rings. The van der Waals surface area contributed by atoms with E-state index in [1.807, 2.05) is 26.0 Å². The van der Waals surface area contributed by atoms with Crippen LogP contribution in [0, 0.1) is 0 Å². The van der Waals surface area contributed by atoms with Gasteiger partial charge in [-0.2, -0.15) is 0 Å². The second kappa shape index (κ2) is 6.12. The van der Waals surface area contributed by atoms with Crippen LogP contribution >= 0.6 is 0 Å². The number of oxazole rings is 1. The lowest BCUT2D eigenvalue weighted by molar-refractivity contribution is 0.102. The lowest BCUT2D eigenvalue weighted by Gasteiger charge is -2.08. The number of methoxy groups -OCH3 is 1. The number of para-hydroxylation sites is 1. The molecule has 2 aromatic carbocycles. The number of benzene rings is 2. The first-order valence-electron chi connectivity index (χ1n) is 7.43. The molecule has 1 heterocycles. The Morgan fingerprint density at radius 1 is 1.22 bits per heavy atom. The van der Waals surface area contributed by atoms with E-state index in [-0.39, 0.29) is 11.8 Å². The smallest absolute Gasteiger partial charge is 0.259 e. The minimum absolute atomic E-state index is 0.217. The third-order valence-electron chi connectivity index (χ3n) is 3.51. The van der Waals surface area contributed by atoms with E-state index in [1.165, 1.54) is 0 Å². The molecule has 23 heavy (non-hydrogen) atoms. The fourth-order valence-electron chi connectivity index (χ4n) is 2.30. The number of hydrogen-bond donors (Lipinski definition) is 1. The first-order chi connectivity index (χ1) is 11.1. The van der Waals surface area contributed by atoms with Gasteiger partial charge in [0.05, 0.1) is 12.7 Å². The molecule has 5 nitrogen and oxygen atoms in total. The van der Waals surface area contributed by atoms with Gasteiger partial charge < -0.3 is 14.5 Å². The van der Waals surface area contributed by atoms with Gasteiger partial charge in [0.25, 0.3) is 5.91 Å². The molecule has 1 amide bonds. The quantitative estimate of drug-likeness (QED) is 0.784. The Kier molecular flexibility index (Phi) is 4.02. The summed E-state index contributed by atoms with van der Waals surface area (Å²) in [5, 5.41) is 2.86. The fourth-order valence-corrected chi connectivity index (χ4v) is 2.30. The molecule has 0 spiro atoms. The SMILES string of the molecule is COc1ccccc1C(=O)Nc1ccc2oc(C(C)C)nc2c1. The van der Waals surface area contributed by atoms with Crippen molar-refractivity contribution in [3.8, 4) is 5.75 Å². The number of rotatable bonds is 4. The van der Waals surface area contributed by atoms with Crippen LogP contribution in [0.2, 0.25) is 0 Å². The van der Waals surface area contributed by atoms with Crippen LogP contribution < -0.4 is 10.1 Å². The van der Waals surface area contributed by atoms with Crippen LogP contribution in [0.1, 0.15) is 36.0 Å². The monoisotopic (exact) mass is 310 g/mol. The zero-order valence-electron chi connectivity index (χ0n) is 13.3. The molecule has 3 rings (SSSR count). The summed E-state index contributed by atoms with van der Waals surface area (Å²) in [5.74, 6) is 1.21. The van der Waals surface area contributed by atoms with Crippen molar-refractivity contribution in [3.05, 3.63) is 53.9 Å². The standard InChI is InChI=1S/C18H18N2O3/c1-11(2)18-20-14-10-12(8-9-16(14)23-18)19-17(21)13-6-4-5-7-15(13)22-3/h4-11H,1-3H3,(H,19,21). The summed E-state index contributed by atoms with van der Waals surface area (Å²) >= 11 is 0. The Morgan fingerprint density at radius 2 is 2.00 bits per heavy atom. The highest BCUT2D eigenvalue weighted by Gasteiger charge is 2.13. The normalized spacial score (nSPS) is 11.0. The molecule has 1 aromatic heterocycles. The summed E-state index contributed by atoms with van der Waals surface area (Å²) < 4.78 is 10.9. The van der Waals surface area contributed by atoms with Crippen LogP contribution in [0.3, 0.4) is 0 Å². The third-order valence-corrected chi connectivity index (χ3v) is 3.51. The van der Waals surface area contributed by atoms with Crippen molar-refractivity contribution in [1.29, 1.82) is 0 Å². The second-order valence-corrected chi connectivity index (χ2v) is 5.54. The van der Waals surface area contributed by atoms with E-state index in [0.29, 0.717) is 28.5 Å². The molecule has 0 saturated heterocycles. The van der Waals surface area contributed by atoms with E-state index in [0.717, 1.165) is 5.52 Å². The number of hydrogen-bond acceptors (Lipinski definition) is 4. The topological polar surface area (TPSA) is 64.4 Å². The van der Waals surface area contributed by atoms with Crippen LogP contribution in [0.25, 0.3) is 11.1 Å². The third kappa shape index (κ3) is 3.04. The first-order valence-corrected chi connectivity index (χ1v) is 7.43. The maximum Gasteiger partial charge on any atom is 0.259 e. The van der Waals surface area contributed by atoms with E-state index in [4.69, 9.17) is 9.15 Å². The minimum atomic E-state index is -0.227. The molecular formula is C18H18N2O3. The molecule has 118 valence electrons. The Balaban J connectivity index is 1.87. The zero-order valence-corrected chi connectivity index (χ0v) is 13.3. The number of anilines is 1. The van der Waals surface area contributed by atoms with Gasteiger partial charge in [0.1, 0.15) is 11.3 Å². The van der Waals surface area contributed by atoms with E-state index in [9.17, 15) is 4.79 Å². The van der Waals surface area contributed by atoms with Gasteiger partial charge in [-0.3, -0.25) is 4.79 Å². The van der Waals surface area contributed by atoms with Crippen LogP contribution in [-0.2, 0) is 0 Å². The lowest BCUT2D eigenvalue weighted by atomic mass is 10.2. The van der Waals surface area contributed by atoms with Gasteiger partial charge >= 0.3 is 0 Å². The highest BCUT2D eigenvalue weighted by molar-refractivity contribution is 6.06. The molecular weight excluding hydrogens is 292 g/mol. The number of ether oxygens (including phenoxy) is 1. The van der Waals surface area contributed by atoms with Gasteiger partial charge in [-0.05, 0) is 30.3 Å². The predicted molar refractivity (Wildman–Crippen MR) is 89.0 cm³/mol. The maximum absolute atomic E-state index is 12.4. The Morgan fingerprint density at radius 3 is 2.74 bits per heavy atom. The number of aromatic nitrogens is 1. The van der Waals surface area contributed by atoms with Crippen LogP contribution in [0.4, 0.5) is 5.69 Å². The second-order valence-electron chi connectivity index (χ2n) is 5.54. The molecule has 0 aliphatic carbocycles. The van der Waals surface area contributed by atoms with Crippen molar-refractivity contribution in [2.75, 3.05) is 12.4 Å². The number of nitrogens with one attached hydrogen (secondary N) is 1. The summed E-state index contributed by atoms with van der Waals surface area (Å²) in [6.07, 6.45) is 0. The largest absolute Gasteiger partial charge is 0.496 e. The van der Waals surface area contributed by atoms with Crippen molar-refractivity contribution in [2.24, 2.45) is 0 Å². The highest BCUT2D eigenvalue weighted by atomic mass is 16.5. The van der Waals surface area contributed by atoms with Crippen LogP contribution in [-0.4, -0.2) is 18.0 Å². The van der Waals surface area contributed by atoms with E-state index >= 15 is 0 Å². The highest BCUT2D eigenvalue weighted by Crippen LogP contribution is 2.25. The molecule has 1 N–H and O–H groups in total. The summed E-state index contributed by atoms with van der Waals surface area (Å²) in [7, 11) is 1.54. The average molecular weight is 310 g/mol. The molecule has 0 bridgehead atoms. The number of carbonyl (C=O) groups is 1. The molecule has 5 heteroatoms. The number of nitrogens with zero attached hydrogens (tertiary/aromatic N) is 1. The van der Waals surface area contributed by atoms with Crippen LogP contribution in [0.5, 0.6) is 5.75 Å². The van der Waals surface area contributed by atoms with Crippen molar-refractivity contribution in [1.82, 2.24) is 4.98 Å². The van der Waals surface area contributed by atoms with Gasteiger partial charge in [-0.1, -0.05) is 26.0 Å². The summed E-state index contributed by atoms with van der Waals surface area (Å²) in [4.78, 5) is 16.9. The average Bonchev–Trinajstić information content (AvgIpc) is 2.98. The maximum atomic E-state index is 12.4. The van der Waals surface area contributed by atoms with E-state index in [2.05, 4.69) is 10.3 Å². The molecule has 0 fully saturated rings. The Hall–Kier alpha value is -2.82. The molecule has 0 aliphatic heterocycles. The predicted octanol–water partition coefficient (Wildman–Crippen LogP) is 4.21. The van der Waals surface area contributed by atoms with Gasteiger partial charge in [0.15, 0.2) is 11.5 Å².